The van der Waals surface area contributed by atoms with Gasteiger partial charge in [0.15, 0.2) is 0 Å². The van der Waals surface area contributed by atoms with Gasteiger partial charge in [-0.2, -0.15) is 13.2 Å². The van der Waals surface area contributed by atoms with E-state index in [0.717, 1.165) is 21.8 Å². The normalized spacial score (nSPS) is 26.4. The molecule has 376 valence electrons. The number of hydrogen-bond donors (Lipinski definition) is 4. The van der Waals surface area contributed by atoms with Crippen LogP contribution < -0.4 is 21.3 Å². The molecule has 6 fully saturated rings. The van der Waals surface area contributed by atoms with E-state index in [9.17, 15) is 46.7 Å². The summed E-state index contributed by atoms with van der Waals surface area (Å²) < 4.78 is 44.1. The molecule has 4 saturated carbocycles. The van der Waals surface area contributed by atoms with Gasteiger partial charge in [0.05, 0.1) is 10.4 Å². The Morgan fingerprint density at radius 1 is 0.986 bits per heavy atom. The summed E-state index contributed by atoms with van der Waals surface area (Å²) >= 11 is 7.91. The van der Waals surface area contributed by atoms with Crippen LogP contribution in [0.25, 0.3) is 10.4 Å². The third-order valence-corrected chi connectivity index (χ3v) is 16.7. The van der Waals surface area contributed by atoms with E-state index in [2.05, 4.69) is 26.3 Å². The molecule has 2 aromatic rings. The maximum atomic E-state index is 14.8. The molecule has 20 heteroatoms. The average molecular weight is 1000 g/mol. The van der Waals surface area contributed by atoms with Gasteiger partial charge in [-0.05, 0) is 130 Å². The van der Waals surface area contributed by atoms with Gasteiger partial charge in [-0.15, -0.1) is 11.3 Å². The first-order chi connectivity index (χ1) is 32.7. The van der Waals surface area contributed by atoms with Crippen molar-refractivity contribution in [1.82, 2.24) is 41.0 Å². The molecule has 2 spiro atoms. The predicted octanol–water partition coefficient (Wildman–Crippen LogP) is 5.54. The van der Waals surface area contributed by atoms with Crippen LogP contribution in [0.15, 0.2) is 29.9 Å². The lowest BCUT2D eigenvalue weighted by Crippen LogP contribution is -2.66. The van der Waals surface area contributed by atoms with Crippen LogP contribution >= 0.6 is 22.9 Å². The zero-order valence-electron chi connectivity index (χ0n) is 39.7. The Morgan fingerprint density at radius 3 is 2.32 bits per heavy atom. The number of hydrogen-bond acceptors (Lipinski definition) is 9. The van der Waals surface area contributed by atoms with Crippen molar-refractivity contribution in [2.45, 2.75) is 159 Å². The average Bonchev–Trinajstić information content (AvgIpc) is 4.14. The minimum atomic E-state index is -4.77. The first kappa shape index (κ1) is 50.6. The van der Waals surface area contributed by atoms with Crippen molar-refractivity contribution in [3.63, 3.8) is 0 Å². The van der Waals surface area contributed by atoms with Gasteiger partial charge in [-0.3, -0.25) is 38.5 Å². The van der Waals surface area contributed by atoms with Crippen molar-refractivity contribution >= 4 is 64.3 Å². The number of nitrogens with zero attached hydrogens (tertiary/aromatic N) is 4. The number of aromatic nitrogens is 1. The number of likely N-dealkylation sites (N-methyl/N-ethyl adjacent to an activating group) is 2. The van der Waals surface area contributed by atoms with Crippen LogP contribution in [0.4, 0.5) is 13.2 Å². The monoisotopic (exact) mass is 1000 g/mol. The zero-order chi connectivity index (χ0) is 49.6. The Bertz CT molecular complexity index is 2310. The Morgan fingerprint density at radius 2 is 1.71 bits per heavy atom. The number of amides is 7. The maximum absolute atomic E-state index is 14.8. The zero-order valence-corrected chi connectivity index (χ0v) is 41.3. The number of carbonyl (C=O) groups is 7. The van der Waals surface area contributed by atoms with Gasteiger partial charge in [0.25, 0.3) is 0 Å². The van der Waals surface area contributed by atoms with Crippen molar-refractivity contribution in [2.75, 3.05) is 27.2 Å². The summed E-state index contributed by atoms with van der Waals surface area (Å²) in [6.07, 6.45) is 2.07. The molecule has 1 aromatic heterocycles. The second kappa shape index (κ2) is 19.8. The van der Waals surface area contributed by atoms with Gasteiger partial charge in [0.2, 0.25) is 41.4 Å². The van der Waals surface area contributed by atoms with Crippen LogP contribution in [0.5, 0.6) is 0 Å². The summed E-state index contributed by atoms with van der Waals surface area (Å²) in [5.41, 5.74) is -1.04. The van der Waals surface area contributed by atoms with E-state index in [1.165, 1.54) is 35.2 Å². The molecule has 1 aromatic carbocycles. The van der Waals surface area contributed by atoms with Crippen molar-refractivity contribution in [3.8, 4) is 10.4 Å². The highest BCUT2D eigenvalue weighted by atomic mass is 35.5. The van der Waals surface area contributed by atoms with Crippen LogP contribution in [-0.4, -0.2) is 130 Å². The first-order valence-electron chi connectivity index (χ1n) is 24.5. The van der Waals surface area contributed by atoms with E-state index in [1.807, 2.05) is 19.9 Å². The molecule has 15 nitrogen and oxygen atoms in total. The Kier molecular flexibility index (Phi) is 14.5. The van der Waals surface area contributed by atoms with Gasteiger partial charge in [-0.1, -0.05) is 37.9 Å². The molecule has 3 heterocycles. The smallest absolute Gasteiger partial charge is 0.354 e. The van der Waals surface area contributed by atoms with E-state index >= 15 is 0 Å². The summed E-state index contributed by atoms with van der Waals surface area (Å²) in [7, 11) is 2.94. The van der Waals surface area contributed by atoms with Crippen LogP contribution in [0.3, 0.4) is 0 Å². The molecule has 0 bridgehead atoms. The van der Waals surface area contributed by atoms with Crippen LogP contribution in [0.2, 0.25) is 5.02 Å². The molecule has 69 heavy (non-hydrogen) atoms. The SMILES string of the molecule is CC(C)C[C@@H]1NC(=O)[C@@H](N(C)C(=O)[C@@H](NC(=O)[C@@H]2CCCN2C(=O)C2(C(F)(F)F)CC3(CCC3)C2)C2CC2)CCCCNC(=O)C2(CC2)NC(=O)[C@H](Cc2cc(Cl)ccc2-c2cncs2)N(C)C1=O. The maximum Gasteiger partial charge on any atom is 0.403 e. The van der Waals surface area contributed by atoms with Gasteiger partial charge in [0.1, 0.15) is 41.2 Å². The molecular formula is C49H64ClF3N8O7S. The predicted molar refractivity (Wildman–Crippen MR) is 251 cm³/mol. The lowest BCUT2D eigenvalue weighted by Gasteiger charge is -2.60. The van der Waals surface area contributed by atoms with Gasteiger partial charge in [0, 0.05) is 44.8 Å². The number of nitrogens with one attached hydrogen (secondary N) is 4. The summed E-state index contributed by atoms with van der Waals surface area (Å²) in [5, 5.41) is 12.1. The standard InChI is InChI=1S/C49H64ClF3N8O7S/c1-28(2)21-33-42(65)60(4)36(23-30-22-31(50)13-14-32(30)37-24-54-27-69-37)41(64)58-48(17-18-48)44(67)55-19-6-5-9-34(39(62)56-33)59(3)43(66)38(29-11-12-29)57-40(63)35-10-7-20-61(35)45(68)47(49(51,52)53)25-46(26-47)15-8-16-46/h13-14,22,24,27-29,33-36,38H,5-12,15-21,23,25-26H2,1-4H3,(H,55,67)(H,56,62)(H,57,63)(H,58,64)/t33-,34-,35-,36-,38-/m0/s1. The minimum absolute atomic E-state index is 0.00123. The molecule has 0 unspecified atom stereocenters. The second-order valence-corrected chi connectivity index (χ2v) is 22.4. The largest absolute Gasteiger partial charge is 0.403 e. The van der Waals surface area contributed by atoms with Crippen molar-refractivity contribution in [2.24, 2.45) is 22.7 Å². The fraction of sp³-hybridized carbons (Fsp3) is 0.673. The topological polar surface area (TPSA) is 190 Å². The fourth-order valence-corrected chi connectivity index (χ4v) is 12.1. The summed E-state index contributed by atoms with van der Waals surface area (Å²) in [4.78, 5) is 109. The fourth-order valence-electron chi connectivity index (χ4n) is 11.2. The van der Waals surface area contributed by atoms with Crippen molar-refractivity contribution in [3.05, 3.63) is 40.5 Å². The highest BCUT2D eigenvalue weighted by molar-refractivity contribution is 7.13. The third-order valence-electron chi connectivity index (χ3n) is 15.7. The number of halogens is 4. The summed E-state index contributed by atoms with van der Waals surface area (Å²) in [5.74, 6) is -4.90. The molecule has 7 amide bonds. The van der Waals surface area contributed by atoms with E-state index in [-0.39, 0.29) is 69.4 Å². The molecule has 4 aliphatic carbocycles. The molecular weight excluding hydrogens is 937 g/mol. The molecule has 0 radical (unpaired) electrons. The lowest BCUT2D eigenvalue weighted by atomic mass is 9.44. The molecule has 5 atom stereocenters. The van der Waals surface area contributed by atoms with E-state index < -0.39 is 88.2 Å². The number of benzene rings is 1. The summed E-state index contributed by atoms with van der Waals surface area (Å²) in [6, 6.07) is -0.480. The van der Waals surface area contributed by atoms with Gasteiger partial charge in [-0.25, -0.2) is 0 Å². The van der Waals surface area contributed by atoms with E-state index in [4.69, 9.17) is 11.6 Å². The molecule has 2 saturated heterocycles. The molecule has 4 N–H and O–H groups in total. The molecule has 8 rings (SSSR count). The van der Waals surface area contributed by atoms with Gasteiger partial charge < -0.3 is 36.0 Å². The molecule has 6 aliphatic rings. The lowest BCUT2D eigenvalue weighted by molar-refractivity contribution is -0.285. The number of likely N-dealkylation sites (tertiary alicyclic amines) is 1. The number of alkyl halides is 3. The first-order valence-corrected chi connectivity index (χ1v) is 25.7. The van der Waals surface area contributed by atoms with Crippen LogP contribution in [-0.2, 0) is 40.0 Å². The van der Waals surface area contributed by atoms with Gasteiger partial charge >= 0.3 is 6.18 Å². The summed E-state index contributed by atoms with van der Waals surface area (Å²) in [6.45, 7) is 3.99. The van der Waals surface area contributed by atoms with Crippen molar-refractivity contribution < 1.29 is 46.7 Å². The second-order valence-electron chi connectivity index (χ2n) is 21.1. The quantitative estimate of drug-likeness (QED) is 0.226. The van der Waals surface area contributed by atoms with E-state index in [0.29, 0.717) is 68.4 Å². The minimum Gasteiger partial charge on any atom is -0.354 e. The third kappa shape index (κ3) is 10.4. The van der Waals surface area contributed by atoms with E-state index in [1.54, 1.807) is 23.8 Å². The highest BCUT2D eigenvalue weighted by Gasteiger charge is 2.73. The van der Waals surface area contributed by atoms with Crippen molar-refractivity contribution in [1.29, 1.82) is 0 Å². The number of carbonyl (C=O) groups excluding carboxylic acids is 7. The molecule has 2 aliphatic heterocycles. The Hall–Kier alpha value is -4.78. The Labute approximate surface area is 409 Å². The Balaban J connectivity index is 1.03. The van der Waals surface area contributed by atoms with Crippen LogP contribution in [0, 0.1) is 22.7 Å². The van der Waals surface area contributed by atoms with Crippen LogP contribution in [0.1, 0.15) is 116 Å². The highest BCUT2D eigenvalue weighted by Crippen LogP contribution is 2.69. The number of thiazole rings is 1. The number of rotatable bonds is 11.